The number of aromatic nitrogens is 2. The van der Waals surface area contributed by atoms with E-state index in [-0.39, 0.29) is 12.3 Å². The number of carbonyl (C=O) groups excluding carboxylic acids is 2. The Morgan fingerprint density at radius 2 is 1.45 bits per heavy atom. The lowest BCUT2D eigenvalue weighted by molar-refractivity contribution is -0.118. The fourth-order valence-corrected chi connectivity index (χ4v) is 5.60. The molecule has 47 heavy (non-hydrogen) atoms. The molecule has 0 bridgehead atoms. The van der Waals surface area contributed by atoms with E-state index in [0.717, 1.165) is 56.1 Å². The second-order valence-corrected chi connectivity index (χ2v) is 11.6. The predicted molar refractivity (Wildman–Crippen MR) is 188 cm³/mol. The first-order valence-electron chi connectivity index (χ1n) is 16.4. The number of benzene rings is 1. The van der Waals surface area contributed by atoms with Gasteiger partial charge in [0.25, 0.3) is 5.91 Å². The van der Waals surface area contributed by atoms with Gasteiger partial charge in [0.2, 0.25) is 5.91 Å². The molecule has 3 aromatic rings. The standard InChI is InChI=1S/C37H46N6O4/c1-3-4-19-28(2)36(43-47)35(31-22-15-17-26-38-31)37(41-32-23-16-18-27-39-32)29-20-13-14-21-30(29)40-33(44)24-11-9-7-5-6-8-10-12-25-34(45)42-46/h3-4,13-23,26-27,35-37H,5-12,24-25H2,1-2H3,(H,39,41)(H,40,44)/b4-3-,28-19+. The lowest BCUT2D eigenvalue weighted by Crippen LogP contribution is -2.31. The summed E-state index contributed by atoms with van der Waals surface area (Å²) in [6, 6.07) is 17.5. The SMILES string of the molecule is C/C=C\C=C(/C)C(N=O)C(c1ccccn1)C(Nc1ccccn1)c1ccccc1NC(=O)CCCCCCCCCCC(=O)N=O. The number of hydrogen-bond donors (Lipinski definition) is 2. The number of anilines is 2. The van der Waals surface area contributed by atoms with Crippen LogP contribution in [0.1, 0.15) is 101 Å². The summed E-state index contributed by atoms with van der Waals surface area (Å²) in [4.78, 5) is 56.1. The molecule has 0 fully saturated rings. The highest BCUT2D eigenvalue weighted by Crippen LogP contribution is 2.41. The minimum absolute atomic E-state index is 0.0777. The number of nitrogens with one attached hydrogen (secondary N) is 2. The Morgan fingerprint density at radius 3 is 2.06 bits per heavy atom. The van der Waals surface area contributed by atoms with Gasteiger partial charge >= 0.3 is 0 Å². The molecular weight excluding hydrogens is 592 g/mol. The van der Waals surface area contributed by atoms with Crippen LogP contribution in [0.15, 0.2) is 107 Å². The van der Waals surface area contributed by atoms with Crippen LogP contribution in [0.2, 0.25) is 0 Å². The van der Waals surface area contributed by atoms with Gasteiger partial charge in [-0.2, -0.15) is 4.91 Å². The normalized spacial score (nSPS) is 13.4. The first-order chi connectivity index (χ1) is 23.0. The maximum absolute atomic E-state index is 13.2. The molecule has 0 radical (unpaired) electrons. The number of nitrogens with zero attached hydrogens (tertiary/aromatic N) is 4. The largest absolute Gasteiger partial charge is 0.362 e. The van der Waals surface area contributed by atoms with Gasteiger partial charge in [0.1, 0.15) is 11.9 Å². The molecule has 2 amide bonds. The van der Waals surface area contributed by atoms with Crippen molar-refractivity contribution in [2.24, 2.45) is 10.4 Å². The summed E-state index contributed by atoms with van der Waals surface area (Å²) in [5.74, 6) is -0.567. The lowest BCUT2D eigenvalue weighted by Gasteiger charge is -2.33. The number of unbranched alkanes of at least 4 members (excludes halogenated alkanes) is 7. The number of carbonyl (C=O) groups is 2. The number of rotatable bonds is 21. The van der Waals surface area contributed by atoms with Gasteiger partial charge in [-0.3, -0.25) is 14.6 Å². The highest BCUT2D eigenvalue weighted by molar-refractivity contribution is 5.91. The van der Waals surface area contributed by atoms with Crippen molar-refractivity contribution in [2.45, 2.75) is 96.1 Å². The molecule has 10 heteroatoms. The second kappa shape index (κ2) is 21.0. The quantitative estimate of drug-likeness (QED) is 0.0672. The molecule has 10 nitrogen and oxygen atoms in total. The Bertz CT molecular complexity index is 1460. The molecule has 3 unspecified atom stereocenters. The maximum Gasteiger partial charge on any atom is 0.286 e. The number of nitroso groups, excluding NO2 is 2. The Morgan fingerprint density at radius 1 is 0.809 bits per heavy atom. The molecule has 2 aromatic heterocycles. The number of hydrogen-bond acceptors (Lipinski definition) is 8. The Balaban J connectivity index is 1.77. The van der Waals surface area contributed by atoms with Gasteiger partial charge in [-0.05, 0) is 68.2 Å². The molecule has 1 aromatic carbocycles. The van der Waals surface area contributed by atoms with Crippen LogP contribution >= 0.6 is 0 Å². The third-order valence-corrected chi connectivity index (χ3v) is 8.04. The van der Waals surface area contributed by atoms with Crippen LogP contribution in [0.4, 0.5) is 11.5 Å². The molecule has 0 aliphatic carbocycles. The smallest absolute Gasteiger partial charge is 0.286 e. The summed E-state index contributed by atoms with van der Waals surface area (Å²) >= 11 is 0. The van der Waals surface area contributed by atoms with Crippen molar-refractivity contribution < 1.29 is 9.59 Å². The van der Waals surface area contributed by atoms with E-state index >= 15 is 0 Å². The minimum Gasteiger partial charge on any atom is -0.362 e. The van der Waals surface area contributed by atoms with Crippen molar-refractivity contribution in [1.82, 2.24) is 9.97 Å². The van der Waals surface area contributed by atoms with Crippen molar-refractivity contribution in [3.8, 4) is 0 Å². The number of pyridine rings is 2. The first kappa shape index (κ1) is 36.6. The molecular formula is C37H46N6O4. The van der Waals surface area contributed by atoms with E-state index in [0.29, 0.717) is 30.0 Å². The molecule has 0 saturated carbocycles. The van der Waals surface area contributed by atoms with E-state index < -0.39 is 23.9 Å². The fourth-order valence-electron chi connectivity index (χ4n) is 5.60. The van der Waals surface area contributed by atoms with Gasteiger partial charge in [-0.25, -0.2) is 4.98 Å². The Labute approximate surface area is 277 Å². The van der Waals surface area contributed by atoms with Gasteiger partial charge in [0.15, 0.2) is 0 Å². The summed E-state index contributed by atoms with van der Waals surface area (Å²) in [7, 11) is 0. The number of amides is 2. The molecule has 0 saturated heterocycles. The highest BCUT2D eigenvalue weighted by Gasteiger charge is 2.36. The zero-order chi connectivity index (χ0) is 33.7. The number of para-hydroxylation sites is 1. The summed E-state index contributed by atoms with van der Waals surface area (Å²) < 4.78 is 0. The average molecular weight is 639 g/mol. The van der Waals surface area contributed by atoms with Crippen LogP contribution in [0.3, 0.4) is 0 Å². The van der Waals surface area contributed by atoms with Crippen molar-refractivity contribution in [2.75, 3.05) is 10.6 Å². The number of allylic oxidation sites excluding steroid dienone is 3. The van der Waals surface area contributed by atoms with Gasteiger partial charge < -0.3 is 10.6 Å². The molecule has 3 rings (SSSR count). The lowest BCUT2D eigenvalue weighted by atomic mass is 9.80. The van der Waals surface area contributed by atoms with Crippen LogP contribution < -0.4 is 10.6 Å². The predicted octanol–water partition coefficient (Wildman–Crippen LogP) is 9.20. The van der Waals surface area contributed by atoms with Crippen LogP contribution in [-0.2, 0) is 9.59 Å². The topological polar surface area (TPSA) is 143 Å². The average Bonchev–Trinajstić information content (AvgIpc) is 3.10. The van der Waals surface area contributed by atoms with Crippen LogP contribution in [0, 0.1) is 9.81 Å². The van der Waals surface area contributed by atoms with Crippen molar-refractivity contribution in [3.05, 3.63) is 118 Å². The van der Waals surface area contributed by atoms with Crippen molar-refractivity contribution in [3.63, 3.8) is 0 Å². The van der Waals surface area contributed by atoms with Crippen LogP contribution in [0.25, 0.3) is 0 Å². The van der Waals surface area contributed by atoms with Gasteiger partial charge in [-0.15, -0.1) is 4.91 Å². The minimum atomic E-state index is -0.762. The van der Waals surface area contributed by atoms with E-state index in [9.17, 15) is 19.4 Å². The van der Waals surface area contributed by atoms with Gasteiger partial charge in [0, 0.05) is 41.8 Å². The molecule has 2 heterocycles. The molecule has 248 valence electrons. The summed E-state index contributed by atoms with van der Waals surface area (Å²) in [5, 5.41) is 12.7. The Kier molecular flexibility index (Phi) is 16.4. The monoisotopic (exact) mass is 638 g/mol. The van der Waals surface area contributed by atoms with Gasteiger partial charge in [-0.1, -0.05) is 92.3 Å². The Hall–Kier alpha value is -4.86. The fraction of sp³-hybridized carbons (Fsp3) is 0.405. The molecule has 0 aliphatic heterocycles. The van der Waals surface area contributed by atoms with E-state index in [1.165, 1.54) is 0 Å². The summed E-state index contributed by atoms with van der Waals surface area (Å²) in [6.45, 7) is 3.81. The highest BCUT2D eigenvalue weighted by atomic mass is 16.3. The maximum atomic E-state index is 13.2. The van der Waals surface area contributed by atoms with Crippen LogP contribution in [-0.4, -0.2) is 27.8 Å². The third kappa shape index (κ3) is 12.5. The first-order valence-corrected chi connectivity index (χ1v) is 16.4. The van der Waals surface area contributed by atoms with Crippen molar-refractivity contribution in [1.29, 1.82) is 0 Å². The van der Waals surface area contributed by atoms with E-state index in [1.54, 1.807) is 12.4 Å². The van der Waals surface area contributed by atoms with E-state index in [2.05, 4.69) is 31.0 Å². The van der Waals surface area contributed by atoms with Gasteiger partial charge in [0.05, 0.1) is 12.0 Å². The van der Waals surface area contributed by atoms with Crippen molar-refractivity contribution >= 4 is 23.3 Å². The molecule has 3 atom stereocenters. The molecule has 0 spiro atoms. The zero-order valence-electron chi connectivity index (χ0n) is 27.4. The zero-order valence-corrected chi connectivity index (χ0v) is 27.4. The molecule has 0 aliphatic rings. The third-order valence-electron chi connectivity index (χ3n) is 8.04. The summed E-state index contributed by atoms with van der Waals surface area (Å²) in [6.07, 6.45) is 17.2. The van der Waals surface area contributed by atoms with Crippen LogP contribution in [0.5, 0.6) is 0 Å². The van der Waals surface area contributed by atoms with E-state index in [4.69, 9.17) is 0 Å². The summed E-state index contributed by atoms with van der Waals surface area (Å²) in [5.41, 5.74) is 2.91. The second-order valence-electron chi connectivity index (χ2n) is 11.6. The van der Waals surface area contributed by atoms with E-state index in [1.807, 2.05) is 92.7 Å². The molecule has 2 N–H and O–H groups in total.